The fraction of sp³-hybridized carbons (Fsp3) is 0.400. The maximum Gasteiger partial charge on any atom is 0.267 e. The van der Waals surface area contributed by atoms with E-state index in [1.165, 1.54) is 0 Å². The lowest BCUT2D eigenvalue weighted by molar-refractivity contribution is -0.121. The first-order valence-electron chi connectivity index (χ1n) is 5.20. The smallest absolute Gasteiger partial charge is 0.267 e. The van der Waals surface area contributed by atoms with E-state index in [1.807, 2.05) is 6.92 Å². The number of hydrazone groups is 1. The highest BCUT2D eigenvalue weighted by atomic mass is 32.1. The third-order valence-corrected chi connectivity index (χ3v) is 3.15. The highest BCUT2D eigenvalue weighted by Crippen LogP contribution is 2.10. The third kappa shape index (κ3) is 3.10. The molecule has 2 rings (SSSR count). The summed E-state index contributed by atoms with van der Waals surface area (Å²) in [6, 6.07) is 0. The monoisotopic (exact) mass is 252 g/mol. The van der Waals surface area contributed by atoms with E-state index < -0.39 is 0 Å². The SMILES string of the molecule is Cc1cnc(CNC(=O)C2=NNC(=O)CC2)s1. The highest BCUT2D eigenvalue weighted by molar-refractivity contribution is 7.11. The molecule has 90 valence electrons. The number of hydrogen-bond acceptors (Lipinski definition) is 5. The van der Waals surface area contributed by atoms with Gasteiger partial charge in [-0.3, -0.25) is 9.59 Å². The molecule has 7 heteroatoms. The minimum Gasteiger partial charge on any atom is -0.344 e. The van der Waals surface area contributed by atoms with Gasteiger partial charge in [0.25, 0.3) is 5.91 Å². The van der Waals surface area contributed by atoms with Crippen LogP contribution in [-0.2, 0) is 16.1 Å². The molecule has 17 heavy (non-hydrogen) atoms. The summed E-state index contributed by atoms with van der Waals surface area (Å²) in [5.41, 5.74) is 2.65. The van der Waals surface area contributed by atoms with Crippen LogP contribution < -0.4 is 10.7 Å². The second-order valence-electron chi connectivity index (χ2n) is 3.64. The Morgan fingerprint density at radius 1 is 1.59 bits per heavy atom. The van der Waals surface area contributed by atoms with E-state index in [1.54, 1.807) is 17.5 Å². The fourth-order valence-electron chi connectivity index (χ4n) is 1.38. The molecule has 0 saturated carbocycles. The number of carbonyl (C=O) groups excluding carboxylic acids is 2. The highest BCUT2D eigenvalue weighted by Gasteiger charge is 2.17. The topological polar surface area (TPSA) is 83.4 Å². The van der Waals surface area contributed by atoms with Crippen molar-refractivity contribution in [3.05, 3.63) is 16.1 Å². The molecule has 6 nitrogen and oxygen atoms in total. The van der Waals surface area contributed by atoms with Crippen LogP contribution in [-0.4, -0.2) is 22.5 Å². The predicted octanol–water partition coefficient (Wildman–Crippen LogP) is 0.334. The summed E-state index contributed by atoms with van der Waals surface area (Å²) in [7, 11) is 0. The van der Waals surface area contributed by atoms with Crippen LogP contribution in [0.2, 0.25) is 0 Å². The standard InChI is InChI=1S/C10H12N4O2S/c1-6-4-11-9(17-6)5-12-10(16)7-2-3-8(15)14-13-7/h4H,2-3,5H2,1H3,(H,12,16)(H,14,15). The van der Waals surface area contributed by atoms with Crippen LogP contribution in [0.25, 0.3) is 0 Å². The summed E-state index contributed by atoms with van der Waals surface area (Å²) < 4.78 is 0. The Bertz CT molecular complexity index is 480. The summed E-state index contributed by atoms with van der Waals surface area (Å²) in [5, 5.41) is 7.30. The van der Waals surface area contributed by atoms with Gasteiger partial charge in [0.05, 0.1) is 6.54 Å². The number of aromatic nitrogens is 1. The summed E-state index contributed by atoms with van der Waals surface area (Å²) >= 11 is 1.54. The van der Waals surface area contributed by atoms with Crippen LogP contribution in [0.3, 0.4) is 0 Å². The predicted molar refractivity (Wildman–Crippen MR) is 63.5 cm³/mol. The average molecular weight is 252 g/mol. The van der Waals surface area contributed by atoms with Crippen molar-refractivity contribution in [3.63, 3.8) is 0 Å². The molecule has 2 N–H and O–H groups in total. The van der Waals surface area contributed by atoms with Gasteiger partial charge in [-0.2, -0.15) is 5.10 Å². The molecule has 0 spiro atoms. The molecule has 0 atom stereocenters. The number of rotatable bonds is 3. The minimum atomic E-state index is -0.252. The van der Waals surface area contributed by atoms with E-state index in [-0.39, 0.29) is 11.8 Å². The van der Waals surface area contributed by atoms with Crippen molar-refractivity contribution in [1.82, 2.24) is 15.7 Å². The van der Waals surface area contributed by atoms with Gasteiger partial charge in [-0.1, -0.05) is 0 Å². The fourth-order valence-corrected chi connectivity index (χ4v) is 2.11. The molecule has 2 amide bonds. The molecule has 0 radical (unpaired) electrons. The van der Waals surface area contributed by atoms with Crippen LogP contribution in [0.5, 0.6) is 0 Å². The molecule has 2 heterocycles. The molecule has 0 aromatic carbocycles. The van der Waals surface area contributed by atoms with Crippen molar-refractivity contribution in [1.29, 1.82) is 0 Å². The molecule has 1 aliphatic rings. The van der Waals surface area contributed by atoms with E-state index >= 15 is 0 Å². The lowest BCUT2D eigenvalue weighted by Gasteiger charge is -2.11. The quantitative estimate of drug-likeness (QED) is 0.813. The van der Waals surface area contributed by atoms with Gasteiger partial charge in [-0.25, -0.2) is 10.4 Å². The number of aryl methyl sites for hydroxylation is 1. The van der Waals surface area contributed by atoms with Gasteiger partial charge < -0.3 is 5.32 Å². The minimum absolute atomic E-state index is 0.155. The van der Waals surface area contributed by atoms with E-state index in [2.05, 4.69) is 20.8 Å². The number of thiazole rings is 1. The molecule has 0 unspecified atom stereocenters. The van der Waals surface area contributed by atoms with Crippen molar-refractivity contribution >= 4 is 28.9 Å². The number of carbonyl (C=O) groups is 2. The largest absolute Gasteiger partial charge is 0.344 e. The molecular formula is C10H12N4O2S. The first-order valence-corrected chi connectivity index (χ1v) is 6.01. The Balaban J connectivity index is 1.87. The molecular weight excluding hydrogens is 240 g/mol. The average Bonchev–Trinajstić information content (AvgIpc) is 2.73. The van der Waals surface area contributed by atoms with Crippen molar-refractivity contribution in [2.45, 2.75) is 26.3 Å². The third-order valence-electron chi connectivity index (χ3n) is 2.24. The Morgan fingerprint density at radius 2 is 2.41 bits per heavy atom. The Hall–Kier alpha value is -1.76. The molecule has 0 aliphatic carbocycles. The van der Waals surface area contributed by atoms with E-state index in [0.29, 0.717) is 25.1 Å². The van der Waals surface area contributed by atoms with Crippen molar-refractivity contribution in [2.75, 3.05) is 0 Å². The van der Waals surface area contributed by atoms with Crippen molar-refractivity contribution in [2.24, 2.45) is 5.10 Å². The van der Waals surface area contributed by atoms with Crippen LogP contribution in [0, 0.1) is 6.92 Å². The summed E-state index contributed by atoms with van der Waals surface area (Å²) in [6.07, 6.45) is 2.46. The first kappa shape index (κ1) is 11.7. The molecule has 1 aliphatic heterocycles. The van der Waals surface area contributed by atoms with Crippen LogP contribution in [0.15, 0.2) is 11.3 Å². The second kappa shape index (κ2) is 5.05. The zero-order valence-electron chi connectivity index (χ0n) is 9.32. The summed E-state index contributed by atoms with van der Waals surface area (Å²) in [5.74, 6) is -0.407. The van der Waals surface area contributed by atoms with Gasteiger partial charge in [0.15, 0.2) is 0 Å². The van der Waals surface area contributed by atoms with E-state index in [4.69, 9.17) is 0 Å². The zero-order chi connectivity index (χ0) is 12.3. The number of nitrogens with one attached hydrogen (secondary N) is 2. The summed E-state index contributed by atoms with van der Waals surface area (Å²) in [6.45, 7) is 2.36. The maximum atomic E-state index is 11.7. The van der Waals surface area contributed by atoms with Crippen molar-refractivity contribution in [3.8, 4) is 0 Å². The molecule has 1 aromatic heterocycles. The van der Waals surface area contributed by atoms with Crippen LogP contribution >= 0.6 is 11.3 Å². The van der Waals surface area contributed by atoms with E-state index in [0.717, 1.165) is 9.88 Å². The van der Waals surface area contributed by atoms with Gasteiger partial charge in [-0.15, -0.1) is 11.3 Å². The van der Waals surface area contributed by atoms with Gasteiger partial charge in [-0.05, 0) is 6.92 Å². The first-order chi connectivity index (χ1) is 8.15. The van der Waals surface area contributed by atoms with Crippen LogP contribution in [0.4, 0.5) is 0 Å². The lowest BCUT2D eigenvalue weighted by atomic mass is 10.1. The lowest BCUT2D eigenvalue weighted by Crippen LogP contribution is -2.36. The summed E-state index contributed by atoms with van der Waals surface area (Å²) in [4.78, 5) is 27.8. The zero-order valence-corrected chi connectivity index (χ0v) is 10.1. The molecule has 0 saturated heterocycles. The van der Waals surface area contributed by atoms with Gasteiger partial charge in [0.2, 0.25) is 5.91 Å². The molecule has 1 aromatic rings. The maximum absolute atomic E-state index is 11.7. The van der Waals surface area contributed by atoms with Crippen LogP contribution in [0.1, 0.15) is 22.7 Å². The Morgan fingerprint density at radius 3 is 3.00 bits per heavy atom. The molecule has 0 fully saturated rings. The number of nitrogens with zero attached hydrogens (tertiary/aromatic N) is 2. The number of hydrogen-bond donors (Lipinski definition) is 2. The van der Waals surface area contributed by atoms with Gasteiger partial charge in [0.1, 0.15) is 10.7 Å². The van der Waals surface area contributed by atoms with Gasteiger partial charge in [0, 0.05) is 23.9 Å². The normalized spacial score (nSPS) is 15.1. The Kier molecular flexibility index (Phi) is 3.48. The second-order valence-corrected chi connectivity index (χ2v) is 4.96. The molecule has 0 bridgehead atoms. The van der Waals surface area contributed by atoms with Gasteiger partial charge >= 0.3 is 0 Å². The van der Waals surface area contributed by atoms with Crippen molar-refractivity contribution < 1.29 is 9.59 Å². The Labute approximate surface area is 102 Å². The van der Waals surface area contributed by atoms with E-state index in [9.17, 15) is 9.59 Å². The number of amides is 2.